The highest BCUT2D eigenvalue weighted by molar-refractivity contribution is 7.61. The molecule has 4 rings (SSSR count). The third-order valence-electron chi connectivity index (χ3n) is 5.93. The molecule has 2 aromatic heterocycles. The molecule has 0 spiro atoms. The Balaban J connectivity index is 1.63. The Kier molecular flexibility index (Phi) is 10.0. The van der Waals surface area contributed by atoms with Gasteiger partial charge in [-0.3, -0.25) is 18.9 Å². The molecule has 0 radical (unpaired) electrons. The van der Waals surface area contributed by atoms with E-state index in [2.05, 4.69) is 26.9 Å². The molecule has 0 aliphatic carbocycles. The van der Waals surface area contributed by atoms with Crippen molar-refractivity contribution < 1.29 is 32.1 Å². The number of nitrogens with one attached hydrogen (secondary N) is 1. The van der Waals surface area contributed by atoms with Crippen molar-refractivity contribution >= 4 is 21.6 Å². The van der Waals surface area contributed by atoms with Crippen LogP contribution in [0.5, 0.6) is 0 Å². The molecule has 15 nitrogen and oxygen atoms in total. The molecule has 212 valence electrons. The van der Waals surface area contributed by atoms with Crippen LogP contribution in [0.3, 0.4) is 0 Å². The molecule has 2 fully saturated rings. The summed E-state index contributed by atoms with van der Waals surface area (Å²) in [6.45, 7) is 8.07. The second-order valence-electron chi connectivity index (χ2n) is 8.51. The number of rotatable bonds is 13. The highest BCUT2D eigenvalue weighted by atomic mass is 31.2. The minimum absolute atomic E-state index is 0.0750. The van der Waals surface area contributed by atoms with E-state index >= 15 is 0 Å². The number of H-pyrrole nitrogens is 1. The van der Waals surface area contributed by atoms with E-state index < -0.39 is 51.9 Å². The summed E-state index contributed by atoms with van der Waals surface area (Å²) in [5.74, 6) is 0. The van der Waals surface area contributed by atoms with Gasteiger partial charge in [0.15, 0.2) is 11.7 Å². The molecule has 5 atom stereocenters. The summed E-state index contributed by atoms with van der Waals surface area (Å²) >= 11 is 0. The van der Waals surface area contributed by atoms with E-state index in [0.717, 1.165) is 19.5 Å². The average Bonchev–Trinajstić information content (AvgIpc) is 3.60. The minimum Gasteiger partial charge on any atom is -0.374 e. The van der Waals surface area contributed by atoms with Gasteiger partial charge in [-0.15, -0.1) is 5.10 Å². The van der Waals surface area contributed by atoms with Crippen molar-refractivity contribution in [3.05, 3.63) is 39.3 Å². The Morgan fingerprint density at radius 1 is 1.21 bits per heavy atom. The normalized spacial score (nSPS) is 26.4. The zero-order chi connectivity index (χ0) is 27.3. The summed E-state index contributed by atoms with van der Waals surface area (Å²) < 4.78 is 53.1. The van der Waals surface area contributed by atoms with Gasteiger partial charge in [0.2, 0.25) is 0 Å². The van der Waals surface area contributed by atoms with Crippen LogP contribution in [0.15, 0.2) is 28.0 Å². The second kappa shape index (κ2) is 13.0. The molecule has 17 heteroatoms. The number of aromatic nitrogens is 5. The van der Waals surface area contributed by atoms with Crippen molar-refractivity contribution in [2.75, 3.05) is 40.0 Å². The molecule has 1 N–H and O–H groups in total. The standard InChI is InChI=1S/C21H34N6O9P2/c1-5-9-26-11-12-32-37(26)36-18-15(13-25-14-17(23-24-25)38(30,33-6-2)34-7-3)35-20(19(18)31-4)27-10-8-16(28)22-21(27)29/h8,10,14-15,18-20H,5-7,9,11-13H2,1-4H3,(H,22,28,29). The van der Waals surface area contributed by atoms with Crippen LogP contribution >= 0.6 is 16.1 Å². The summed E-state index contributed by atoms with van der Waals surface area (Å²) in [7, 11) is -3.52. The first kappa shape index (κ1) is 29.2. The average molecular weight is 576 g/mol. The fraction of sp³-hybridized carbons (Fsp3) is 0.714. The van der Waals surface area contributed by atoms with Crippen LogP contribution in [-0.4, -0.2) is 87.5 Å². The minimum atomic E-state index is -3.63. The lowest BCUT2D eigenvalue weighted by Crippen LogP contribution is -2.40. The van der Waals surface area contributed by atoms with Gasteiger partial charge in [0.25, 0.3) is 14.1 Å². The lowest BCUT2D eigenvalue weighted by Gasteiger charge is -2.28. The van der Waals surface area contributed by atoms with Crippen molar-refractivity contribution in [2.45, 2.75) is 58.3 Å². The summed E-state index contributed by atoms with van der Waals surface area (Å²) in [6.07, 6.45) is 0.788. The summed E-state index contributed by atoms with van der Waals surface area (Å²) in [6, 6.07) is 1.23. The topological polar surface area (TPSA) is 161 Å². The molecule has 0 aromatic carbocycles. The van der Waals surface area contributed by atoms with E-state index in [4.69, 9.17) is 27.6 Å². The highest BCUT2D eigenvalue weighted by Crippen LogP contribution is 2.51. The van der Waals surface area contributed by atoms with Crippen LogP contribution in [0.25, 0.3) is 0 Å². The molecule has 2 aliphatic rings. The fourth-order valence-corrected chi connectivity index (χ4v) is 7.43. The largest absolute Gasteiger partial charge is 0.383 e. The zero-order valence-electron chi connectivity index (χ0n) is 21.8. The van der Waals surface area contributed by atoms with E-state index in [-0.39, 0.29) is 25.2 Å². The van der Waals surface area contributed by atoms with Gasteiger partial charge in [-0.1, -0.05) is 12.1 Å². The summed E-state index contributed by atoms with van der Waals surface area (Å²) in [4.78, 5) is 26.5. The number of hydrogen-bond donors (Lipinski definition) is 1. The van der Waals surface area contributed by atoms with Crippen molar-refractivity contribution in [1.82, 2.24) is 29.2 Å². The molecule has 38 heavy (non-hydrogen) atoms. The lowest BCUT2D eigenvalue weighted by atomic mass is 10.1. The van der Waals surface area contributed by atoms with Gasteiger partial charge in [-0.25, -0.2) is 14.1 Å². The summed E-state index contributed by atoms with van der Waals surface area (Å²) in [5, 5.41) is 8.13. The fourth-order valence-electron chi connectivity index (χ4n) is 4.32. The van der Waals surface area contributed by atoms with Gasteiger partial charge in [0.1, 0.15) is 18.3 Å². The molecule has 0 saturated carbocycles. The molecule has 0 amide bonds. The first-order valence-corrected chi connectivity index (χ1v) is 15.1. The van der Waals surface area contributed by atoms with Crippen molar-refractivity contribution in [3.8, 4) is 0 Å². The maximum atomic E-state index is 13.1. The predicted octanol–water partition coefficient (Wildman–Crippen LogP) is 0.986. The number of methoxy groups -OCH3 is 1. The van der Waals surface area contributed by atoms with Gasteiger partial charge in [0.05, 0.1) is 32.6 Å². The van der Waals surface area contributed by atoms with Crippen molar-refractivity contribution in [2.24, 2.45) is 0 Å². The Labute approximate surface area is 220 Å². The number of hydrogen-bond acceptors (Lipinski definition) is 12. The van der Waals surface area contributed by atoms with Crippen LogP contribution in [0.2, 0.25) is 0 Å². The number of ether oxygens (including phenoxy) is 2. The molecule has 2 saturated heterocycles. The van der Waals surface area contributed by atoms with Gasteiger partial charge in [0, 0.05) is 32.5 Å². The predicted molar refractivity (Wildman–Crippen MR) is 136 cm³/mol. The molecular formula is C21H34N6O9P2. The van der Waals surface area contributed by atoms with E-state index in [1.165, 1.54) is 34.8 Å². The van der Waals surface area contributed by atoms with E-state index in [1.807, 2.05) is 0 Å². The maximum Gasteiger partial charge on any atom is 0.383 e. The molecule has 2 aliphatic heterocycles. The Morgan fingerprint density at radius 2 is 1.97 bits per heavy atom. The van der Waals surface area contributed by atoms with Crippen molar-refractivity contribution in [1.29, 1.82) is 0 Å². The number of nitrogens with zero attached hydrogens (tertiary/aromatic N) is 5. The zero-order valence-corrected chi connectivity index (χ0v) is 23.6. The van der Waals surface area contributed by atoms with Crippen molar-refractivity contribution in [3.63, 3.8) is 0 Å². The third kappa shape index (κ3) is 6.33. The summed E-state index contributed by atoms with van der Waals surface area (Å²) in [5.41, 5.74) is -1.09. The van der Waals surface area contributed by atoms with Crippen LogP contribution in [0.1, 0.15) is 33.4 Å². The first-order chi connectivity index (χ1) is 18.3. The molecule has 4 heterocycles. The monoisotopic (exact) mass is 576 g/mol. The van der Waals surface area contributed by atoms with E-state index in [1.54, 1.807) is 13.8 Å². The van der Waals surface area contributed by atoms with E-state index in [9.17, 15) is 14.2 Å². The van der Waals surface area contributed by atoms with Crippen LogP contribution in [0, 0.1) is 0 Å². The molecule has 2 aromatic rings. The SMILES string of the molecule is CCCN1CCOP1OC1C(Cn2cc(P(=O)(OCC)OCC)nn2)OC(n2ccc(=O)[nH]c2=O)C1OC. The van der Waals surface area contributed by atoms with Crippen LogP contribution in [-0.2, 0) is 38.7 Å². The lowest BCUT2D eigenvalue weighted by molar-refractivity contribution is -0.0564. The Hall–Kier alpha value is -1.80. The third-order valence-corrected chi connectivity index (χ3v) is 9.58. The van der Waals surface area contributed by atoms with Gasteiger partial charge in [-0.2, -0.15) is 0 Å². The van der Waals surface area contributed by atoms with Gasteiger partial charge < -0.3 is 27.6 Å². The number of aromatic amines is 1. The van der Waals surface area contributed by atoms with Crippen LogP contribution in [0.4, 0.5) is 0 Å². The molecule has 5 unspecified atom stereocenters. The molecular weight excluding hydrogens is 542 g/mol. The van der Waals surface area contributed by atoms with Gasteiger partial charge in [-0.05, 0) is 20.3 Å². The maximum absolute atomic E-state index is 13.1. The Morgan fingerprint density at radius 3 is 2.63 bits per heavy atom. The quantitative estimate of drug-likeness (QED) is 0.337. The van der Waals surface area contributed by atoms with E-state index in [0.29, 0.717) is 6.61 Å². The first-order valence-electron chi connectivity index (χ1n) is 12.5. The molecule has 0 bridgehead atoms. The van der Waals surface area contributed by atoms with Gasteiger partial charge >= 0.3 is 13.3 Å². The Bertz CT molecular complexity index is 1210. The smallest absolute Gasteiger partial charge is 0.374 e. The second-order valence-corrected chi connectivity index (χ2v) is 12.0. The highest BCUT2D eigenvalue weighted by Gasteiger charge is 2.50. The van der Waals surface area contributed by atoms with Crippen LogP contribution < -0.4 is 16.7 Å².